The number of nitrogens with two attached hydrogens (primary N) is 1. The molecule has 0 unspecified atom stereocenters. The Kier molecular flexibility index (Phi) is 7.54. The van der Waals surface area contributed by atoms with Crippen molar-refractivity contribution in [2.24, 2.45) is 5.73 Å². The van der Waals surface area contributed by atoms with E-state index in [1.54, 1.807) is 0 Å². The van der Waals surface area contributed by atoms with E-state index in [1.807, 2.05) is 0 Å². The summed E-state index contributed by atoms with van der Waals surface area (Å²) in [6, 6.07) is 6.50. The normalized spacial score (nSPS) is 12.9. The number of alkyl halides is 3. The first-order valence-electron chi connectivity index (χ1n) is 7.59. The van der Waals surface area contributed by atoms with E-state index in [2.05, 4.69) is 4.72 Å². The standard InChI is InChI=1S/C16H16F3N3O4S.ClH/c1-21-27(25,26)15-7-6-13(22(23)24)8-11(15)9-14(20)10-2-4-12(5-3-10)16(17,18)19;/h2-8,14,21H,9,20H2,1H3;1H/t14-;/m0./s1. The molecule has 1 atom stereocenters. The number of nitro groups is 1. The van der Waals surface area contributed by atoms with Gasteiger partial charge in [-0.25, -0.2) is 13.1 Å². The molecule has 0 aliphatic heterocycles. The van der Waals surface area contributed by atoms with Crippen LogP contribution in [0.5, 0.6) is 0 Å². The van der Waals surface area contributed by atoms with Crippen LogP contribution in [0.2, 0.25) is 0 Å². The fourth-order valence-corrected chi connectivity index (χ4v) is 3.44. The average molecular weight is 440 g/mol. The Hall–Kier alpha value is -2.21. The zero-order chi connectivity index (χ0) is 20.4. The predicted octanol–water partition coefficient (Wildman–Crippen LogP) is 3.19. The fraction of sp³-hybridized carbons (Fsp3) is 0.250. The summed E-state index contributed by atoms with van der Waals surface area (Å²) in [7, 11) is -2.71. The van der Waals surface area contributed by atoms with Gasteiger partial charge in [0.25, 0.3) is 5.69 Å². The number of hydrogen-bond donors (Lipinski definition) is 2. The van der Waals surface area contributed by atoms with Gasteiger partial charge in [0.1, 0.15) is 0 Å². The van der Waals surface area contributed by atoms with Crippen LogP contribution in [0.25, 0.3) is 0 Å². The molecule has 0 bridgehead atoms. The first-order chi connectivity index (χ1) is 12.5. The number of nitrogens with one attached hydrogen (secondary N) is 1. The molecule has 2 rings (SSSR count). The van der Waals surface area contributed by atoms with E-state index in [9.17, 15) is 31.7 Å². The lowest BCUT2D eigenvalue weighted by Gasteiger charge is -2.16. The summed E-state index contributed by atoms with van der Waals surface area (Å²) in [6.45, 7) is 0. The van der Waals surface area contributed by atoms with E-state index < -0.39 is 32.7 Å². The van der Waals surface area contributed by atoms with Gasteiger partial charge in [-0.15, -0.1) is 12.4 Å². The Labute approximate surface area is 165 Å². The Morgan fingerprint density at radius 3 is 2.21 bits per heavy atom. The number of non-ortho nitro benzene ring substituents is 1. The highest BCUT2D eigenvalue weighted by Crippen LogP contribution is 2.31. The second-order valence-corrected chi connectivity index (χ2v) is 7.54. The van der Waals surface area contributed by atoms with E-state index >= 15 is 0 Å². The van der Waals surface area contributed by atoms with Crippen molar-refractivity contribution in [3.05, 3.63) is 69.3 Å². The molecule has 3 N–H and O–H groups in total. The SMILES string of the molecule is CNS(=O)(=O)c1ccc([N+](=O)[O-])cc1C[C@H](N)c1ccc(C(F)(F)F)cc1.Cl. The first kappa shape index (κ1) is 23.8. The van der Waals surface area contributed by atoms with E-state index in [0.29, 0.717) is 5.56 Å². The molecule has 0 saturated carbocycles. The van der Waals surface area contributed by atoms with Gasteiger partial charge in [0.15, 0.2) is 0 Å². The smallest absolute Gasteiger partial charge is 0.324 e. The summed E-state index contributed by atoms with van der Waals surface area (Å²) < 4.78 is 64.3. The summed E-state index contributed by atoms with van der Waals surface area (Å²) >= 11 is 0. The van der Waals surface area contributed by atoms with Crippen LogP contribution in [0.1, 0.15) is 22.7 Å². The van der Waals surface area contributed by atoms with E-state index in [1.165, 1.54) is 19.2 Å². The van der Waals surface area contributed by atoms with Gasteiger partial charge in [-0.1, -0.05) is 12.1 Å². The van der Waals surface area contributed by atoms with Crippen molar-refractivity contribution < 1.29 is 26.5 Å². The molecular formula is C16H17ClF3N3O4S. The molecule has 2 aromatic rings. The lowest BCUT2D eigenvalue weighted by Crippen LogP contribution is -2.22. The van der Waals surface area contributed by atoms with Crippen LogP contribution in [-0.2, 0) is 22.6 Å². The van der Waals surface area contributed by atoms with Gasteiger partial charge in [0, 0.05) is 18.2 Å². The fourth-order valence-electron chi connectivity index (χ4n) is 2.49. The zero-order valence-corrected chi connectivity index (χ0v) is 16.1. The maximum Gasteiger partial charge on any atom is 0.416 e. The van der Waals surface area contributed by atoms with Crippen molar-refractivity contribution in [3.63, 3.8) is 0 Å². The highest BCUT2D eigenvalue weighted by Gasteiger charge is 2.30. The molecule has 0 heterocycles. The summed E-state index contributed by atoms with van der Waals surface area (Å²) in [5.41, 5.74) is 5.26. The Bertz CT molecular complexity index is 951. The van der Waals surface area contributed by atoms with E-state index in [0.717, 1.165) is 30.3 Å². The number of sulfonamides is 1. The number of halogens is 4. The molecule has 28 heavy (non-hydrogen) atoms. The van der Waals surface area contributed by atoms with Crippen molar-refractivity contribution in [1.29, 1.82) is 0 Å². The average Bonchev–Trinajstić information content (AvgIpc) is 2.60. The lowest BCUT2D eigenvalue weighted by molar-refractivity contribution is -0.385. The second-order valence-electron chi connectivity index (χ2n) is 5.69. The van der Waals surface area contributed by atoms with Crippen LogP contribution in [0, 0.1) is 10.1 Å². The summed E-state index contributed by atoms with van der Waals surface area (Å²) in [6.07, 6.45) is -4.61. The molecule has 0 aliphatic carbocycles. The van der Waals surface area contributed by atoms with Crippen LogP contribution >= 0.6 is 12.4 Å². The molecule has 154 valence electrons. The minimum Gasteiger partial charge on any atom is -0.324 e. The number of nitro benzene ring substituents is 1. The molecule has 0 aliphatic rings. The zero-order valence-electron chi connectivity index (χ0n) is 14.4. The van der Waals surface area contributed by atoms with Crippen molar-refractivity contribution in [2.45, 2.75) is 23.5 Å². The summed E-state index contributed by atoms with van der Waals surface area (Å²) in [5.74, 6) is 0. The molecule has 0 radical (unpaired) electrons. The number of rotatable bonds is 6. The van der Waals surface area contributed by atoms with Gasteiger partial charge in [0.05, 0.1) is 15.4 Å². The van der Waals surface area contributed by atoms with Crippen molar-refractivity contribution in [3.8, 4) is 0 Å². The Morgan fingerprint density at radius 1 is 1.18 bits per heavy atom. The lowest BCUT2D eigenvalue weighted by atomic mass is 9.98. The quantitative estimate of drug-likeness (QED) is 0.529. The topological polar surface area (TPSA) is 115 Å². The third kappa shape index (κ3) is 5.41. The van der Waals surface area contributed by atoms with Gasteiger partial charge in [-0.05, 0) is 42.8 Å². The highest BCUT2D eigenvalue weighted by molar-refractivity contribution is 7.89. The number of benzene rings is 2. The molecule has 7 nitrogen and oxygen atoms in total. The summed E-state index contributed by atoms with van der Waals surface area (Å²) in [5, 5.41) is 11.0. The van der Waals surface area contributed by atoms with Crippen LogP contribution < -0.4 is 10.5 Å². The predicted molar refractivity (Wildman–Crippen MR) is 98.7 cm³/mol. The van der Waals surface area contributed by atoms with Crippen LogP contribution in [0.15, 0.2) is 47.4 Å². The van der Waals surface area contributed by atoms with Gasteiger partial charge in [0.2, 0.25) is 10.0 Å². The van der Waals surface area contributed by atoms with Gasteiger partial charge < -0.3 is 5.73 Å². The minimum absolute atomic E-state index is 0. The third-order valence-corrected chi connectivity index (χ3v) is 5.43. The Morgan fingerprint density at radius 2 is 1.75 bits per heavy atom. The number of nitrogens with zero attached hydrogens (tertiary/aromatic N) is 1. The molecule has 0 spiro atoms. The largest absolute Gasteiger partial charge is 0.416 e. The van der Waals surface area contributed by atoms with E-state index in [-0.39, 0.29) is 35.0 Å². The molecule has 0 saturated heterocycles. The molecule has 0 amide bonds. The van der Waals surface area contributed by atoms with Crippen molar-refractivity contribution in [2.75, 3.05) is 7.05 Å². The molecule has 2 aromatic carbocycles. The maximum absolute atomic E-state index is 12.6. The van der Waals surface area contributed by atoms with Crippen LogP contribution in [0.4, 0.5) is 18.9 Å². The maximum atomic E-state index is 12.6. The second kappa shape index (κ2) is 8.86. The number of hydrogen-bond acceptors (Lipinski definition) is 5. The van der Waals surface area contributed by atoms with Crippen LogP contribution in [-0.4, -0.2) is 20.4 Å². The molecular weight excluding hydrogens is 423 g/mol. The summed E-state index contributed by atoms with van der Waals surface area (Å²) in [4.78, 5) is 10.1. The molecule has 0 aromatic heterocycles. The molecule has 0 fully saturated rings. The van der Waals surface area contributed by atoms with Crippen molar-refractivity contribution >= 4 is 28.1 Å². The van der Waals surface area contributed by atoms with Gasteiger partial charge >= 0.3 is 6.18 Å². The van der Waals surface area contributed by atoms with Crippen LogP contribution in [0.3, 0.4) is 0 Å². The first-order valence-corrected chi connectivity index (χ1v) is 9.07. The third-order valence-electron chi connectivity index (χ3n) is 3.92. The van der Waals surface area contributed by atoms with Gasteiger partial charge in [-0.3, -0.25) is 10.1 Å². The Balaban J connectivity index is 0.00000392. The van der Waals surface area contributed by atoms with Crippen molar-refractivity contribution in [1.82, 2.24) is 4.72 Å². The monoisotopic (exact) mass is 439 g/mol. The van der Waals surface area contributed by atoms with E-state index in [4.69, 9.17) is 5.73 Å². The molecule has 12 heteroatoms. The highest BCUT2D eigenvalue weighted by atomic mass is 35.5. The van der Waals surface area contributed by atoms with Gasteiger partial charge in [-0.2, -0.15) is 13.2 Å². The minimum atomic E-state index is -4.49.